The monoisotopic (exact) mass is 226 g/mol. The summed E-state index contributed by atoms with van der Waals surface area (Å²) in [5, 5.41) is 3.43. The van der Waals surface area contributed by atoms with Crippen LogP contribution in [0.4, 0.5) is 0 Å². The molecule has 0 aliphatic carbocycles. The Balaban J connectivity index is 1.54. The molecule has 0 aromatic carbocycles. The lowest BCUT2D eigenvalue weighted by molar-refractivity contribution is 0.0115. The number of hydrogen-bond donors (Lipinski definition) is 1. The second kappa shape index (κ2) is 6.20. The molecule has 0 saturated carbocycles. The van der Waals surface area contributed by atoms with Crippen LogP contribution in [0.3, 0.4) is 0 Å². The predicted molar refractivity (Wildman–Crippen MR) is 62.0 cm³/mol. The third kappa shape index (κ3) is 3.89. The van der Waals surface area contributed by atoms with Crippen LogP contribution in [0.25, 0.3) is 0 Å². The summed E-state index contributed by atoms with van der Waals surface area (Å²) in [6.45, 7) is 2.94. The van der Waals surface area contributed by atoms with Crippen molar-refractivity contribution in [1.29, 1.82) is 0 Å². The second-order valence-corrected chi connectivity index (χ2v) is 4.89. The highest BCUT2D eigenvalue weighted by atomic mass is 32.1. The van der Waals surface area contributed by atoms with Gasteiger partial charge in [0, 0.05) is 24.2 Å². The van der Waals surface area contributed by atoms with Crippen molar-refractivity contribution in [2.75, 3.05) is 13.2 Å². The summed E-state index contributed by atoms with van der Waals surface area (Å²) in [5.74, 6) is 0. The van der Waals surface area contributed by atoms with E-state index in [1.54, 1.807) is 11.3 Å². The summed E-state index contributed by atoms with van der Waals surface area (Å²) in [6, 6.07) is 0. The number of hydrogen-bond acceptors (Lipinski definition) is 4. The molecule has 0 spiro atoms. The Morgan fingerprint density at radius 1 is 1.53 bits per heavy atom. The predicted octanol–water partition coefficient (Wildman–Crippen LogP) is 2.19. The van der Waals surface area contributed by atoms with Gasteiger partial charge in [0.2, 0.25) is 0 Å². The van der Waals surface area contributed by atoms with E-state index in [-0.39, 0.29) is 0 Å². The summed E-state index contributed by atoms with van der Waals surface area (Å²) < 4.78 is 5.67. The molecule has 1 N–H and O–H groups in total. The summed E-state index contributed by atoms with van der Waals surface area (Å²) >= 11 is 1.70. The quantitative estimate of drug-likeness (QED) is 0.782. The van der Waals surface area contributed by atoms with Crippen LogP contribution in [0.1, 0.15) is 30.6 Å². The van der Waals surface area contributed by atoms with Gasteiger partial charge in [0.15, 0.2) is 0 Å². The van der Waals surface area contributed by atoms with Gasteiger partial charge >= 0.3 is 0 Å². The van der Waals surface area contributed by atoms with E-state index >= 15 is 0 Å². The number of rotatable bonds is 5. The standard InChI is InChI=1S/C11H18N2OS/c1-2-6-14-10(3-1)4-5-12-7-11-8-13-9-15-11/h8-10,12H,1-7H2. The molecule has 0 amide bonds. The zero-order valence-electron chi connectivity index (χ0n) is 8.95. The number of nitrogens with zero attached hydrogens (tertiary/aromatic N) is 1. The summed E-state index contributed by atoms with van der Waals surface area (Å²) in [5.41, 5.74) is 1.88. The fourth-order valence-corrected chi connectivity index (χ4v) is 2.40. The van der Waals surface area contributed by atoms with E-state index in [1.165, 1.54) is 24.1 Å². The molecule has 1 atom stereocenters. The maximum absolute atomic E-state index is 5.67. The van der Waals surface area contributed by atoms with Crippen molar-refractivity contribution in [3.05, 3.63) is 16.6 Å². The van der Waals surface area contributed by atoms with Gasteiger partial charge in [-0.25, -0.2) is 0 Å². The second-order valence-electron chi connectivity index (χ2n) is 3.92. The topological polar surface area (TPSA) is 34.2 Å². The van der Waals surface area contributed by atoms with Crippen LogP contribution in [0, 0.1) is 0 Å². The van der Waals surface area contributed by atoms with E-state index in [0.29, 0.717) is 6.10 Å². The smallest absolute Gasteiger partial charge is 0.0794 e. The Morgan fingerprint density at radius 2 is 2.53 bits per heavy atom. The van der Waals surface area contributed by atoms with Crippen molar-refractivity contribution in [3.8, 4) is 0 Å². The number of aromatic nitrogens is 1. The van der Waals surface area contributed by atoms with Crippen molar-refractivity contribution in [3.63, 3.8) is 0 Å². The molecular formula is C11H18N2OS. The highest BCUT2D eigenvalue weighted by molar-refractivity contribution is 7.09. The van der Waals surface area contributed by atoms with E-state index in [9.17, 15) is 0 Å². The minimum absolute atomic E-state index is 0.493. The van der Waals surface area contributed by atoms with E-state index in [2.05, 4.69) is 10.3 Å². The maximum Gasteiger partial charge on any atom is 0.0794 e. The van der Waals surface area contributed by atoms with Gasteiger partial charge in [0.1, 0.15) is 0 Å². The van der Waals surface area contributed by atoms with Crippen molar-refractivity contribution in [2.45, 2.75) is 38.3 Å². The molecule has 0 radical (unpaired) electrons. The SMILES string of the molecule is c1ncc(CNCCC2CCCCO2)s1. The molecule has 1 aromatic heterocycles. The lowest BCUT2D eigenvalue weighted by atomic mass is 10.1. The third-order valence-corrected chi connectivity index (χ3v) is 3.48. The molecule has 3 nitrogen and oxygen atoms in total. The zero-order chi connectivity index (χ0) is 10.3. The van der Waals surface area contributed by atoms with Gasteiger partial charge in [-0.15, -0.1) is 11.3 Å². The Bertz CT molecular complexity index is 258. The highest BCUT2D eigenvalue weighted by Crippen LogP contribution is 2.14. The zero-order valence-corrected chi connectivity index (χ0v) is 9.76. The van der Waals surface area contributed by atoms with Gasteiger partial charge in [0.25, 0.3) is 0 Å². The van der Waals surface area contributed by atoms with E-state index in [0.717, 1.165) is 26.1 Å². The van der Waals surface area contributed by atoms with Gasteiger partial charge in [0.05, 0.1) is 11.6 Å². The van der Waals surface area contributed by atoms with Crippen LogP contribution in [-0.2, 0) is 11.3 Å². The molecule has 1 aliphatic heterocycles. The molecular weight excluding hydrogens is 208 g/mol. The van der Waals surface area contributed by atoms with Crippen LogP contribution in [0.15, 0.2) is 11.7 Å². The molecule has 1 aromatic rings. The molecule has 0 bridgehead atoms. The van der Waals surface area contributed by atoms with Gasteiger partial charge in [-0.3, -0.25) is 4.98 Å². The number of ether oxygens (including phenoxy) is 1. The molecule has 1 saturated heterocycles. The Kier molecular flexibility index (Phi) is 4.57. The molecule has 2 heterocycles. The molecule has 2 rings (SSSR count). The Hall–Kier alpha value is -0.450. The summed E-state index contributed by atoms with van der Waals surface area (Å²) in [4.78, 5) is 5.35. The largest absolute Gasteiger partial charge is 0.378 e. The lowest BCUT2D eigenvalue weighted by Gasteiger charge is -2.22. The van der Waals surface area contributed by atoms with E-state index < -0.39 is 0 Å². The van der Waals surface area contributed by atoms with Crippen molar-refractivity contribution in [1.82, 2.24) is 10.3 Å². The fraction of sp³-hybridized carbons (Fsp3) is 0.727. The fourth-order valence-electron chi connectivity index (χ4n) is 1.84. The maximum atomic E-state index is 5.67. The van der Waals surface area contributed by atoms with E-state index in [1.807, 2.05) is 11.7 Å². The van der Waals surface area contributed by atoms with Crippen LogP contribution in [-0.4, -0.2) is 24.2 Å². The van der Waals surface area contributed by atoms with E-state index in [4.69, 9.17) is 4.74 Å². The minimum Gasteiger partial charge on any atom is -0.378 e. The van der Waals surface area contributed by atoms with Crippen molar-refractivity contribution >= 4 is 11.3 Å². The van der Waals surface area contributed by atoms with Crippen LogP contribution in [0.2, 0.25) is 0 Å². The Labute approximate surface area is 94.9 Å². The average molecular weight is 226 g/mol. The van der Waals surface area contributed by atoms with Crippen LogP contribution in [0.5, 0.6) is 0 Å². The molecule has 15 heavy (non-hydrogen) atoms. The molecule has 4 heteroatoms. The molecule has 1 fully saturated rings. The van der Waals surface area contributed by atoms with Gasteiger partial charge in [-0.05, 0) is 32.2 Å². The first-order valence-electron chi connectivity index (χ1n) is 5.65. The van der Waals surface area contributed by atoms with Crippen molar-refractivity contribution in [2.24, 2.45) is 0 Å². The van der Waals surface area contributed by atoms with Crippen LogP contribution < -0.4 is 5.32 Å². The average Bonchev–Trinajstić information content (AvgIpc) is 2.79. The van der Waals surface area contributed by atoms with Gasteiger partial charge < -0.3 is 10.1 Å². The first-order valence-corrected chi connectivity index (χ1v) is 6.53. The van der Waals surface area contributed by atoms with Crippen LogP contribution >= 0.6 is 11.3 Å². The first-order chi connectivity index (χ1) is 7.45. The highest BCUT2D eigenvalue weighted by Gasteiger charge is 2.12. The normalized spacial score (nSPS) is 21.7. The molecule has 84 valence electrons. The minimum atomic E-state index is 0.493. The first kappa shape index (κ1) is 11.0. The summed E-state index contributed by atoms with van der Waals surface area (Å²) in [6.07, 6.45) is 7.37. The third-order valence-electron chi connectivity index (χ3n) is 2.70. The molecule has 1 aliphatic rings. The number of nitrogens with one attached hydrogen (secondary N) is 1. The molecule has 1 unspecified atom stereocenters. The van der Waals surface area contributed by atoms with Gasteiger partial charge in [-0.2, -0.15) is 0 Å². The Morgan fingerprint density at radius 3 is 3.27 bits per heavy atom. The number of thiazole rings is 1. The van der Waals surface area contributed by atoms with Gasteiger partial charge in [-0.1, -0.05) is 0 Å². The van der Waals surface area contributed by atoms with Crippen molar-refractivity contribution < 1.29 is 4.74 Å². The lowest BCUT2D eigenvalue weighted by Crippen LogP contribution is -2.24. The summed E-state index contributed by atoms with van der Waals surface area (Å²) in [7, 11) is 0.